The second-order valence-electron chi connectivity index (χ2n) is 12.1. The molecule has 3 aromatic carbocycles. The Morgan fingerprint density at radius 2 is 1.69 bits per heavy atom. The molecule has 244 valence electrons. The number of halogens is 1. The van der Waals surface area contributed by atoms with E-state index in [1.165, 1.54) is 6.33 Å². The number of anilines is 1. The van der Waals surface area contributed by atoms with E-state index in [0.29, 0.717) is 27.7 Å². The van der Waals surface area contributed by atoms with Crippen LogP contribution in [0.1, 0.15) is 41.6 Å². The molecule has 48 heavy (non-hydrogen) atoms. The van der Waals surface area contributed by atoms with Gasteiger partial charge in [-0.2, -0.15) is 0 Å². The summed E-state index contributed by atoms with van der Waals surface area (Å²) in [5, 5.41) is 3.28. The molecule has 8 rings (SSSR count). The summed E-state index contributed by atoms with van der Waals surface area (Å²) < 4.78 is 33.7. The highest BCUT2D eigenvalue weighted by atomic mass is 35.5. The van der Waals surface area contributed by atoms with Gasteiger partial charge >= 0.3 is 5.79 Å². The van der Waals surface area contributed by atoms with Crippen LogP contribution in [0.25, 0.3) is 11.2 Å². The number of amides is 1. The Labute approximate surface area is 280 Å². The van der Waals surface area contributed by atoms with Crippen LogP contribution in [0.15, 0.2) is 97.6 Å². The number of rotatable bonds is 7. The summed E-state index contributed by atoms with van der Waals surface area (Å²) in [6, 6.07) is 22.4. The molecule has 0 radical (unpaired) electrons. The third-order valence-electron chi connectivity index (χ3n) is 8.50. The van der Waals surface area contributed by atoms with Crippen LogP contribution in [-0.4, -0.2) is 56.1 Å². The van der Waals surface area contributed by atoms with Crippen molar-refractivity contribution in [3.8, 4) is 11.5 Å². The topological polar surface area (TPSA) is 145 Å². The Bertz CT molecular complexity index is 2000. The van der Waals surface area contributed by atoms with Crippen LogP contribution < -0.4 is 20.5 Å². The van der Waals surface area contributed by atoms with Crippen LogP contribution in [0.3, 0.4) is 0 Å². The SMILES string of the molecule is CC1(C)OC2[C@@H](/C=C/CNC(=O)c3cc(Cl)cc4c3OC(c3ccccc3)(c3ccccc3)O4)O[C@@H](n3cnc4c(N)ncnc43)[C@H]2O1. The summed E-state index contributed by atoms with van der Waals surface area (Å²) in [4.78, 5) is 26.4. The number of nitrogen functional groups attached to an aromatic ring is 1. The van der Waals surface area contributed by atoms with E-state index in [2.05, 4.69) is 20.3 Å². The smallest absolute Gasteiger partial charge is 0.305 e. The first-order valence-corrected chi connectivity index (χ1v) is 15.8. The predicted molar refractivity (Wildman–Crippen MR) is 175 cm³/mol. The van der Waals surface area contributed by atoms with Crippen LogP contribution in [0.4, 0.5) is 5.82 Å². The van der Waals surface area contributed by atoms with Crippen molar-refractivity contribution in [3.63, 3.8) is 0 Å². The Hall–Kier alpha value is -5.01. The van der Waals surface area contributed by atoms with Crippen molar-refractivity contribution < 1.29 is 28.5 Å². The molecule has 0 bridgehead atoms. The van der Waals surface area contributed by atoms with Crippen molar-refractivity contribution in [1.82, 2.24) is 24.8 Å². The maximum atomic E-state index is 13.6. The van der Waals surface area contributed by atoms with Gasteiger partial charge in [-0.15, -0.1) is 0 Å². The zero-order valence-electron chi connectivity index (χ0n) is 25.9. The quantitative estimate of drug-likeness (QED) is 0.224. The predicted octanol–water partition coefficient (Wildman–Crippen LogP) is 5.14. The average molecular weight is 667 g/mol. The van der Waals surface area contributed by atoms with E-state index >= 15 is 0 Å². The summed E-state index contributed by atoms with van der Waals surface area (Å²) in [7, 11) is 0. The number of carbonyl (C=O) groups excluding carboxylic acids is 1. The van der Waals surface area contributed by atoms with E-state index in [1.54, 1.807) is 23.0 Å². The first-order chi connectivity index (χ1) is 23.2. The molecule has 1 unspecified atom stereocenters. The lowest BCUT2D eigenvalue weighted by atomic mass is 9.97. The fourth-order valence-corrected chi connectivity index (χ4v) is 6.66. The fraction of sp³-hybridized carbons (Fsp3) is 0.257. The Balaban J connectivity index is 1.01. The highest BCUT2D eigenvalue weighted by Gasteiger charge is 2.55. The van der Waals surface area contributed by atoms with Gasteiger partial charge < -0.3 is 34.7 Å². The molecule has 2 saturated heterocycles. The molecule has 5 heterocycles. The standard InChI is InChI=1S/C35H31ClN6O6/c1-34(2)46-28-24(44-33(29(28)47-34)42-19-41-26-30(37)39-18-40-31(26)42)14-9-15-38-32(43)23-16-22(36)17-25-27(23)48-35(45-25,20-10-5-3-6-11-20)21-12-7-4-8-13-21/h3-14,16-19,24,28-29,33H,15H2,1-2H3,(H,38,43)(H2,37,39,40)/b14-9+/t24-,28?,29+,33-/m1/s1. The summed E-state index contributed by atoms with van der Waals surface area (Å²) in [6.45, 7) is 3.90. The molecular formula is C35H31ClN6O6. The number of nitrogens with two attached hydrogens (primary N) is 1. The number of fused-ring (bicyclic) bond motifs is 3. The highest BCUT2D eigenvalue weighted by molar-refractivity contribution is 6.31. The van der Waals surface area contributed by atoms with Gasteiger partial charge in [-0.3, -0.25) is 9.36 Å². The number of carbonyl (C=O) groups is 1. The largest absolute Gasteiger partial charge is 0.440 e. The van der Waals surface area contributed by atoms with Gasteiger partial charge in [0.15, 0.2) is 35.0 Å². The van der Waals surface area contributed by atoms with E-state index in [4.69, 9.17) is 41.0 Å². The number of hydrogen-bond donors (Lipinski definition) is 2. The Kier molecular flexibility index (Phi) is 7.33. The van der Waals surface area contributed by atoms with E-state index in [1.807, 2.05) is 86.7 Å². The second kappa shape index (κ2) is 11.6. The number of aromatic nitrogens is 4. The molecule has 0 spiro atoms. The molecule has 13 heteroatoms. The van der Waals surface area contributed by atoms with Crippen LogP contribution in [0.2, 0.25) is 5.02 Å². The normalized spacial score (nSPS) is 23.5. The molecule has 3 aliphatic heterocycles. The zero-order valence-corrected chi connectivity index (χ0v) is 26.7. The molecule has 3 N–H and O–H groups in total. The van der Waals surface area contributed by atoms with Gasteiger partial charge in [-0.05, 0) is 19.9 Å². The van der Waals surface area contributed by atoms with Gasteiger partial charge in [-0.25, -0.2) is 15.0 Å². The Morgan fingerprint density at radius 1 is 0.979 bits per heavy atom. The first-order valence-electron chi connectivity index (χ1n) is 15.4. The summed E-state index contributed by atoms with van der Waals surface area (Å²) >= 11 is 6.49. The molecule has 4 atom stereocenters. The highest BCUT2D eigenvalue weighted by Crippen LogP contribution is 2.50. The second-order valence-corrected chi connectivity index (χ2v) is 12.5. The summed E-state index contributed by atoms with van der Waals surface area (Å²) in [5.41, 5.74) is 8.80. The molecule has 2 aromatic heterocycles. The van der Waals surface area contributed by atoms with Crippen molar-refractivity contribution in [2.45, 2.75) is 50.0 Å². The van der Waals surface area contributed by atoms with Crippen LogP contribution in [0.5, 0.6) is 11.5 Å². The molecule has 2 fully saturated rings. The summed E-state index contributed by atoms with van der Waals surface area (Å²) in [6.07, 6.45) is 4.72. The minimum atomic E-state index is -1.30. The minimum absolute atomic E-state index is 0.188. The van der Waals surface area contributed by atoms with Gasteiger partial charge in [0.2, 0.25) is 0 Å². The van der Waals surface area contributed by atoms with Gasteiger partial charge in [0.25, 0.3) is 5.91 Å². The van der Waals surface area contributed by atoms with Crippen molar-refractivity contribution in [3.05, 3.63) is 119 Å². The molecule has 0 aliphatic carbocycles. The lowest BCUT2D eigenvalue weighted by Gasteiger charge is -2.28. The third kappa shape index (κ3) is 5.13. The average Bonchev–Trinajstić information content (AvgIpc) is 3.84. The molecule has 3 aliphatic rings. The van der Waals surface area contributed by atoms with Gasteiger partial charge in [0, 0.05) is 28.8 Å². The van der Waals surface area contributed by atoms with E-state index < -0.39 is 36.1 Å². The minimum Gasteiger partial charge on any atom is -0.440 e. The zero-order chi connectivity index (χ0) is 33.0. The lowest BCUT2D eigenvalue weighted by Crippen LogP contribution is -2.37. The number of benzene rings is 3. The van der Waals surface area contributed by atoms with Crippen LogP contribution in [0, 0.1) is 0 Å². The van der Waals surface area contributed by atoms with Crippen molar-refractivity contribution in [2.75, 3.05) is 12.3 Å². The molecule has 1 amide bonds. The monoisotopic (exact) mass is 666 g/mol. The molecular weight excluding hydrogens is 636 g/mol. The molecule has 0 saturated carbocycles. The third-order valence-corrected chi connectivity index (χ3v) is 8.72. The maximum absolute atomic E-state index is 13.6. The van der Waals surface area contributed by atoms with Gasteiger partial charge in [0.05, 0.1) is 11.9 Å². The summed E-state index contributed by atoms with van der Waals surface area (Å²) in [5.74, 6) is -1.57. The van der Waals surface area contributed by atoms with Crippen molar-refractivity contribution in [1.29, 1.82) is 0 Å². The Morgan fingerprint density at radius 3 is 2.42 bits per heavy atom. The van der Waals surface area contributed by atoms with E-state index in [-0.39, 0.29) is 23.8 Å². The van der Waals surface area contributed by atoms with Crippen molar-refractivity contribution in [2.24, 2.45) is 0 Å². The number of ether oxygens (including phenoxy) is 5. The number of nitrogens with one attached hydrogen (secondary N) is 1. The van der Waals surface area contributed by atoms with E-state index in [9.17, 15) is 4.79 Å². The number of nitrogens with zero attached hydrogens (tertiary/aromatic N) is 4. The number of imidazole rings is 1. The van der Waals surface area contributed by atoms with Gasteiger partial charge in [-0.1, -0.05) is 84.4 Å². The van der Waals surface area contributed by atoms with Crippen molar-refractivity contribution >= 4 is 34.5 Å². The van der Waals surface area contributed by atoms with Crippen LogP contribution in [-0.2, 0) is 20.0 Å². The fourth-order valence-electron chi connectivity index (χ4n) is 6.45. The maximum Gasteiger partial charge on any atom is 0.305 e. The molecule has 5 aromatic rings. The lowest BCUT2D eigenvalue weighted by molar-refractivity contribution is -0.191. The van der Waals surface area contributed by atoms with E-state index in [0.717, 1.165) is 11.1 Å². The van der Waals surface area contributed by atoms with Crippen LogP contribution >= 0.6 is 11.6 Å². The molecule has 12 nitrogen and oxygen atoms in total. The first kappa shape index (κ1) is 30.3. The van der Waals surface area contributed by atoms with Gasteiger partial charge in [0.1, 0.15) is 30.2 Å². The number of hydrogen-bond acceptors (Lipinski definition) is 10.